The molecule has 5 rings (SSSR count). The van der Waals surface area contributed by atoms with E-state index < -0.39 is 39.6 Å². The molecule has 2 unspecified atom stereocenters. The quantitative estimate of drug-likeness (QED) is 0.310. The number of rotatable bonds is 8. The van der Waals surface area contributed by atoms with Crippen LogP contribution in [-0.4, -0.2) is 46.6 Å². The van der Waals surface area contributed by atoms with Crippen LogP contribution in [0.2, 0.25) is 0 Å². The lowest BCUT2D eigenvalue weighted by Crippen LogP contribution is -2.41. The number of hydrogen-bond acceptors (Lipinski definition) is 7. The Bertz CT molecular complexity index is 1740. The Morgan fingerprint density at radius 1 is 1.07 bits per heavy atom. The third-order valence-corrected chi connectivity index (χ3v) is 10.5. The number of ether oxygens (including phenoxy) is 1. The number of fused-ring (bicyclic) bond motifs is 1. The molecule has 0 radical (unpaired) electrons. The van der Waals surface area contributed by atoms with E-state index in [4.69, 9.17) is 4.74 Å². The molecule has 2 aromatic carbocycles. The summed E-state index contributed by atoms with van der Waals surface area (Å²) in [4.78, 5) is 39.3. The van der Waals surface area contributed by atoms with Gasteiger partial charge < -0.3 is 10.1 Å². The van der Waals surface area contributed by atoms with Crippen LogP contribution in [0.5, 0.6) is 0 Å². The first kappa shape index (κ1) is 28.5. The number of para-hydroxylation sites is 1. The SMILES string of the molecule is Cc1c(NC(=O)C(C)OC(=O)CC2c3ccccc3CCN2S(=O)(=O)c2cccs2)c(=O)n(-c2ccccc2)n1C. The molecule has 214 valence electrons. The number of nitrogens with zero attached hydrogens (tertiary/aromatic N) is 3. The van der Waals surface area contributed by atoms with E-state index in [-0.39, 0.29) is 22.9 Å². The van der Waals surface area contributed by atoms with Gasteiger partial charge in [0.25, 0.3) is 21.5 Å². The van der Waals surface area contributed by atoms with E-state index in [1.165, 1.54) is 15.9 Å². The smallest absolute Gasteiger partial charge is 0.308 e. The van der Waals surface area contributed by atoms with Crippen LogP contribution in [0.3, 0.4) is 0 Å². The van der Waals surface area contributed by atoms with Gasteiger partial charge in [-0.15, -0.1) is 11.3 Å². The van der Waals surface area contributed by atoms with Gasteiger partial charge in [0.05, 0.1) is 23.8 Å². The Morgan fingerprint density at radius 3 is 2.49 bits per heavy atom. The molecule has 0 saturated carbocycles. The molecule has 0 aliphatic carbocycles. The molecule has 2 aromatic heterocycles. The van der Waals surface area contributed by atoms with Crippen LogP contribution in [0.15, 0.2) is 81.1 Å². The monoisotopic (exact) mass is 594 g/mol. The van der Waals surface area contributed by atoms with Gasteiger partial charge in [-0.05, 0) is 55.0 Å². The maximum absolute atomic E-state index is 13.5. The van der Waals surface area contributed by atoms with Gasteiger partial charge in [-0.1, -0.05) is 48.5 Å². The van der Waals surface area contributed by atoms with Gasteiger partial charge in [0.2, 0.25) is 0 Å². The predicted molar refractivity (Wildman–Crippen MR) is 156 cm³/mol. The molecule has 12 heteroatoms. The third kappa shape index (κ3) is 5.50. The fourth-order valence-electron chi connectivity index (χ4n) is 5.05. The van der Waals surface area contributed by atoms with Crippen molar-refractivity contribution in [2.24, 2.45) is 7.05 Å². The first-order valence-corrected chi connectivity index (χ1v) is 15.4. The number of aromatic nitrogens is 2. The molecule has 0 spiro atoms. The van der Waals surface area contributed by atoms with Gasteiger partial charge in [-0.25, -0.2) is 13.1 Å². The van der Waals surface area contributed by atoms with Crippen LogP contribution in [0, 0.1) is 6.92 Å². The Morgan fingerprint density at radius 2 is 1.78 bits per heavy atom. The van der Waals surface area contributed by atoms with Gasteiger partial charge in [0.1, 0.15) is 9.90 Å². The van der Waals surface area contributed by atoms with E-state index in [2.05, 4.69) is 5.32 Å². The molecular formula is C29H30N4O6S2. The highest BCUT2D eigenvalue weighted by atomic mass is 32.2. The molecule has 0 fully saturated rings. The van der Waals surface area contributed by atoms with E-state index in [1.54, 1.807) is 66.5 Å². The second kappa shape index (κ2) is 11.5. The van der Waals surface area contributed by atoms with Gasteiger partial charge in [0.15, 0.2) is 6.10 Å². The van der Waals surface area contributed by atoms with E-state index in [1.807, 2.05) is 24.3 Å². The zero-order valence-corrected chi connectivity index (χ0v) is 24.4. The minimum Gasteiger partial charge on any atom is -0.452 e. The van der Waals surface area contributed by atoms with Crippen molar-refractivity contribution in [2.45, 2.75) is 43.0 Å². The third-order valence-electron chi connectivity index (χ3n) is 7.26. The summed E-state index contributed by atoms with van der Waals surface area (Å²) < 4.78 is 37.0. The summed E-state index contributed by atoms with van der Waals surface area (Å²) in [7, 11) is -2.14. The fourth-order valence-corrected chi connectivity index (χ4v) is 7.77. The highest BCUT2D eigenvalue weighted by Gasteiger charge is 2.38. The molecule has 41 heavy (non-hydrogen) atoms. The van der Waals surface area contributed by atoms with Crippen molar-refractivity contribution < 1.29 is 22.7 Å². The first-order chi connectivity index (χ1) is 19.6. The van der Waals surface area contributed by atoms with Crippen LogP contribution < -0.4 is 10.9 Å². The number of anilines is 1. The molecule has 1 amide bonds. The highest BCUT2D eigenvalue weighted by molar-refractivity contribution is 7.91. The second-order valence-corrected chi connectivity index (χ2v) is 12.8. The number of hydrogen-bond donors (Lipinski definition) is 1. The van der Waals surface area contributed by atoms with Crippen LogP contribution in [0.25, 0.3) is 5.69 Å². The topological polar surface area (TPSA) is 120 Å². The summed E-state index contributed by atoms with van der Waals surface area (Å²) in [5.74, 6) is -1.40. The van der Waals surface area contributed by atoms with Crippen molar-refractivity contribution in [1.82, 2.24) is 13.7 Å². The number of benzene rings is 2. The molecular weight excluding hydrogens is 564 g/mol. The lowest BCUT2D eigenvalue weighted by molar-refractivity contribution is -0.154. The number of carbonyl (C=O) groups is 2. The van der Waals surface area contributed by atoms with Gasteiger partial charge >= 0.3 is 5.97 Å². The Hall–Kier alpha value is -4.00. The molecule has 0 bridgehead atoms. The maximum atomic E-state index is 13.5. The van der Waals surface area contributed by atoms with Crippen LogP contribution >= 0.6 is 11.3 Å². The summed E-state index contributed by atoms with van der Waals surface area (Å²) >= 11 is 1.12. The van der Waals surface area contributed by atoms with Crippen molar-refractivity contribution in [3.8, 4) is 5.69 Å². The standard InChI is InChI=1S/C29H30N4O6S2/c1-19-27(29(36)33(31(19)3)22-11-5-4-6-12-22)30-28(35)20(2)39-25(34)18-24-23-13-8-7-10-21(23)15-16-32(24)41(37,38)26-14-9-17-40-26/h4-14,17,20,24H,15-16,18H2,1-3H3,(H,30,35). The Labute approximate surface area is 241 Å². The molecule has 1 aliphatic heterocycles. The van der Waals surface area contributed by atoms with Gasteiger partial charge in [-0.2, -0.15) is 4.31 Å². The average molecular weight is 595 g/mol. The van der Waals surface area contributed by atoms with E-state index >= 15 is 0 Å². The van der Waals surface area contributed by atoms with E-state index in [0.29, 0.717) is 17.8 Å². The van der Waals surface area contributed by atoms with Crippen LogP contribution in [0.4, 0.5) is 5.69 Å². The minimum absolute atomic E-state index is 0.0821. The zero-order valence-electron chi connectivity index (χ0n) is 22.8. The maximum Gasteiger partial charge on any atom is 0.308 e. The summed E-state index contributed by atoms with van der Waals surface area (Å²) in [5, 5.41) is 4.30. The molecule has 4 aromatic rings. The van der Waals surface area contributed by atoms with E-state index in [9.17, 15) is 22.8 Å². The molecule has 3 heterocycles. The van der Waals surface area contributed by atoms with Crippen molar-refractivity contribution in [3.05, 3.63) is 99.3 Å². The average Bonchev–Trinajstić information content (AvgIpc) is 3.58. The number of thiophene rings is 1. The first-order valence-electron chi connectivity index (χ1n) is 13.1. The van der Waals surface area contributed by atoms with Crippen LogP contribution in [-0.2, 0) is 37.8 Å². The minimum atomic E-state index is -3.85. The Kier molecular flexibility index (Phi) is 7.98. The normalized spacial score (nSPS) is 16.1. The molecule has 0 saturated heterocycles. The molecule has 10 nitrogen and oxygen atoms in total. The van der Waals surface area contributed by atoms with Crippen LogP contribution in [0.1, 0.15) is 36.2 Å². The largest absolute Gasteiger partial charge is 0.452 e. The zero-order chi connectivity index (χ0) is 29.3. The Balaban J connectivity index is 1.33. The van der Waals surface area contributed by atoms with Crippen molar-refractivity contribution in [1.29, 1.82) is 0 Å². The molecule has 2 atom stereocenters. The highest BCUT2D eigenvalue weighted by Crippen LogP contribution is 2.37. The predicted octanol–water partition coefficient (Wildman–Crippen LogP) is 3.79. The summed E-state index contributed by atoms with van der Waals surface area (Å²) in [6.07, 6.45) is -0.986. The number of esters is 1. The van der Waals surface area contributed by atoms with Gasteiger partial charge in [0, 0.05) is 13.6 Å². The summed E-state index contributed by atoms with van der Waals surface area (Å²) in [5.41, 5.74) is 2.52. The second-order valence-electron chi connectivity index (χ2n) is 9.77. The fraction of sp³-hybridized carbons (Fsp3) is 0.276. The molecule has 1 N–H and O–H groups in total. The number of nitrogens with one attached hydrogen (secondary N) is 1. The number of amides is 1. The van der Waals surface area contributed by atoms with E-state index in [0.717, 1.165) is 22.5 Å². The molecule has 1 aliphatic rings. The van der Waals surface area contributed by atoms with Crippen molar-refractivity contribution in [2.75, 3.05) is 11.9 Å². The number of carbonyl (C=O) groups excluding carboxylic acids is 2. The lowest BCUT2D eigenvalue weighted by atomic mass is 9.92. The van der Waals surface area contributed by atoms with Crippen molar-refractivity contribution in [3.63, 3.8) is 0 Å². The van der Waals surface area contributed by atoms with Gasteiger partial charge in [-0.3, -0.25) is 19.1 Å². The van der Waals surface area contributed by atoms with Crippen molar-refractivity contribution >= 4 is 38.9 Å². The summed E-state index contributed by atoms with van der Waals surface area (Å²) in [6, 6.07) is 18.9. The summed E-state index contributed by atoms with van der Waals surface area (Å²) in [6.45, 7) is 3.33. The number of sulfonamides is 1. The lowest BCUT2D eigenvalue weighted by Gasteiger charge is -2.35.